The number of nitrogens with one attached hydrogen (secondary N) is 1. The number of nitrogens with two attached hydrogens (primary N) is 1. The Morgan fingerprint density at radius 3 is 2.74 bits per heavy atom. The van der Waals surface area contributed by atoms with E-state index in [9.17, 15) is 0 Å². The molecule has 150 valence electrons. The summed E-state index contributed by atoms with van der Waals surface area (Å²) in [7, 11) is 1.65. The van der Waals surface area contributed by atoms with E-state index in [1.807, 2.05) is 24.3 Å². The van der Waals surface area contributed by atoms with E-state index in [1.165, 1.54) is 4.58 Å². The van der Waals surface area contributed by atoms with E-state index in [-0.39, 0.29) is 18.3 Å². The highest BCUT2D eigenvalue weighted by Crippen LogP contribution is 2.47. The number of nitrogen functional groups attached to an aromatic ring is 1. The van der Waals surface area contributed by atoms with Gasteiger partial charge in [0.2, 0.25) is 0 Å². The highest BCUT2D eigenvalue weighted by atomic mass is 35.5. The molecule has 0 bridgehead atoms. The molecule has 8 heteroatoms. The van der Waals surface area contributed by atoms with Crippen molar-refractivity contribution in [3.8, 4) is 0 Å². The molecule has 3 aliphatic rings. The number of piperidine rings is 1. The summed E-state index contributed by atoms with van der Waals surface area (Å²) >= 11 is 6.61. The first-order valence-corrected chi connectivity index (χ1v) is 10.1. The molecule has 27 heavy (non-hydrogen) atoms. The number of ether oxygens (including phenoxy) is 2. The molecule has 3 N–H and O–H groups in total. The van der Waals surface area contributed by atoms with Crippen molar-refractivity contribution in [2.24, 2.45) is 0 Å². The van der Waals surface area contributed by atoms with Gasteiger partial charge >= 0.3 is 0 Å². The first kappa shape index (κ1) is 19.4. The third-order valence-corrected chi connectivity index (χ3v) is 6.18. The molecular weight excluding hydrogens is 368 g/mol. The lowest BCUT2D eigenvalue weighted by Crippen LogP contribution is -2.56. The summed E-state index contributed by atoms with van der Waals surface area (Å²) < 4.78 is 13.3. The summed E-state index contributed by atoms with van der Waals surface area (Å²) in [4.78, 5) is 8.47. The number of hydrogen-bond donors (Lipinski definition) is 2. The maximum atomic E-state index is 6.61. The molecule has 3 saturated heterocycles. The lowest BCUT2D eigenvalue weighted by atomic mass is 9.98. The molecule has 1 aromatic carbocycles. The van der Waals surface area contributed by atoms with Crippen molar-refractivity contribution in [2.75, 3.05) is 32.5 Å². The second-order valence-electron chi connectivity index (χ2n) is 7.48. The van der Waals surface area contributed by atoms with E-state index in [0.717, 1.165) is 57.4 Å². The number of hydroxylamine groups is 1. The molecule has 1 aromatic rings. The minimum absolute atomic E-state index is 0.155. The van der Waals surface area contributed by atoms with E-state index in [1.54, 1.807) is 7.11 Å². The van der Waals surface area contributed by atoms with Gasteiger partial charge in [0.1, 0.15) is 6.17 Å². The molecule has 0 radical (unpaired) electrons. The summed E-state index contributed by atoms with van der Waals surface area (Å²) in [5.74, 6) is -1.14. The third kappa shape index (κ3) is 3.58. The average Bonchev–Trinajstić information content (AvgIpc) is 3.30. The molecule has 3 atom stereocenters. The van der Waals surface area contributed by atoms with E-state index in [4.69, 9.17) is 31.8 Å². The fraction of sp³-hybridized carbons (Fsp3) is 0.684. The Hall–Kier alpha value is -0.930. The summed E-state index contributed by atoms with van der Waals surface area (Å²) in [6.07, 6.45) is 4.93. The van der Waals surface area contributed by atoms with Crippen molar-refractivity contribution >= 4 is 17.5 Å². The minimum Gasteiger partial charge on any atom is -0.398 e. The number of nitrogens with zero attached hydrogens (tertiary/aromatic N) is 2. The Labute approximate surface area is 165 Å². The van der Waals surface area contributed by atoms with Crippen LogP contribution in [0.3, 0.4) is 0 Å². The second-order valence-corrected chi connectivity index (χ2v) is 7.81. The van der Waals surface area contributed by atoms with Gasteiger partial charge in [0.15, 0.2) is 0 Å². The highest BCUT2D eigenvalue weighted by Gasteiger charge is 2.58. The van der Waals surface area contributed by atoms with Crippen LogP contribution >= 0.6 is 11.8 Å². The number of hydrogen-bond acceptors (Lipinski definition) is 7. The van der Waals surface area contributed by atoms with E-state index in [0.29, 0.717) is 5.69 Å². The lowest BCUT2D eigenvalue weighted by Gasteiger charge is -2.43. The van der Waals surface area contributed by atoms with Gasteiger partial charge in [-0.15, -0.1) is 0 Å². The Bertz CT molecular complexity index is 639. The summed E-state index contributed by atoms with van der Waals surface area (Å²) in [6.45, 7) is 2.73. The van der Waals surface area contributed by atoms with Gasteiger partial charge in [0.25, 0.3) is 5.91 Å². The maximum absolute atomic E-state index is 6.61. The molecule has 4 rings (SSSR count). The highest BCUT2D eigenvalue weighted by molar-refractivity contribution is 6.12. The van der Waals surface area contributed by atoms with E-state index in [2.05, 4.69) is 10.2 Å². The van der Waals surface area contributed by atoms with Crippen LogP contribution < -0.4 is 11.1 Å². The molecule has 0 aliphatic carbocycles. The van der Waals surface area contributed by atoms with Gasteiger partial charge in [-0.05, 0) is 50.9 Å². The normalized spacial score (nSPS) is 33.7. The predicted octanol–water partition coefficient (Wildman–Crippen LogP) is 2.38. The number of para-hydroxylation sites is 1. The van der Waals surface area contributed by atoms with Crippen LogP contribution in [0.4, 0.5) is 5.69 Å². The van der Waals surface area contributed by atoms with Gasteiger partial charge in [-0.25, -0.2) is 9.74 Å². The van der Waals surface area contributed by atoms with Crippen molar-refractivity contribution < 1.29 is 14.3 Å². The first-order valence-electron chi connectivity index (χ1n) is 9.81. The molecule has 3 aliphatic heterocycles. The average molecular weight is 397 g/mol. The van der Waals surface area contributed by atoms with E-state index >= 15 is 0 Å². The SMILES string of the molecule is COC1(c2ccccc2N)ON(Cl)C(CC2CCCO2)N1C1CCNCC1. The van der Waals surface area contributed by atoms with Crippen molar-refractivity contribution in [1.82, 2.24) is 14.8 Å². The van der Waals surface area contributed by atoms with Crippen LogP contribution in [-0.2, 0) is 20.2 Å². The standard InChI is InChI=1S/C19H29ClN4O3/c1-25-19(16-6-2-3-7-17(16)21)23(14-8-10-22-11-9-14)18(24(20)27-19)13-15-5-4-12-26-15/h2-3,6-7,14-15,18,22H,4-5,8-13,21H2,1H3. The monoisotopic (exact) mass is 396 g/mol. The van der Waals surface area contributed by atoms with Gasteiger partial charge in [-0.1, -0.05) is 16.7 Å². The topological polar surface area (TPSA) is 72.2 Å². The number of rotatable bonds is 5. The van der Waals surface area contributed by atoms with Crippen LogP contribution in [0.15, 0.2) is 24.3 Å². The molecular formula is C19H29ClN4O3. The first-order chi connectivity index (χ1) is 13.2. The van der Waals surface area contributed by atoms with Crippen molar-refractivity contribution in [3.05, 3.63) is 29.8 Å². The second kappa shape index (κ2) is 8.21. The number of halogens is 1. The van der Waals surface area contributed by atoms with Crippen molar-refractivity contribution in [2.45, 2.75) is 56.3 Å². The lowest BCUT2D eigenvalue weighted by molar-refractivity contribution is -0.322. The molecule has 3 heterocycles. The maximum Gasteiger partial charge on any atom is 0.280 e. The number of methoxy groups -OCH3 is 1. The molecule has 7 nitrogen and oxygen atoms in total. The number of anilines is 1. The predicted molar refractivity (Wildman–Crippen MR) is 103 cm³/mol. The quantitative estimate of drug-likeness (QED) is 0.584. The molecule has 0 spiro atoms. The molecule has 3 unspecified atom stereocenters. The van der Waals surface area contributed by atoms with Crippen LogP contribution in [0.2, 0.25) is 0 Å². The van der Waals surface area contributed by atoms with Crippen LogP contribution in [0.25, 0.3) is 0 Å². The van der Waals surface area contributed by atoms with Gasteiger partial charge in [0, 0.05) is 43.6 Å². The zero-order valence-corrected chi connectivity index (χ0v) is 16.5. The smallest absolute Gasteiger partial charge is 0.280 e. The minimum atomic E-state index is -1.14. The van der Waals surface area contributed by atoms with Gasteiger partial charge in [0.05, 0.1) is 11.7 Å². The molecule has 0 amide bonds. The molecule has 3 fully saturated rings. The molecule has 0 aromatic heterocycles. The zero-order valence-electron chi connectivity index (χ0n) is 15.8. The van der Waals surface area contributed by atoms with Crippen LogP contribution in [0, 0.1) is 0 Å². The van der Waals surface area contributed by atoms with E-state index < -0.39 is 5.91 Å². The Morgan fingerprint density at radius 2 is 2.07 bits per heavy atom. The Balaban J connectivity index is 1.72. The summed E-state index contributed by atoms with van der Waals surface area (Å²) in [5, 5.41) is 3.43. The van der Waals surface area contributed by atoms with Crippen molar-refractivity contribution in [1.29, 1.82) is 0 Å². The Morgan fingerprint density at radius 1 is 1.30 bits per heavy atom. The van der Waals surface area contributed by atoms with Gasteiger partial charge < -0.3 is 20.5 Å². The van der Waals surface area contributed by atoms with Crippen LogP contribution in [0.1, 0.15) is 37.7 Å². The Kier molecular flexibility index (Phi) is 5.89. The van der Waals surface area contributed by atoms with Crippen LogP contribution in [0.5, 0.6) is 0 Å². The van der Waals surface area contributed by atoms with Crippen LogP contribution in [-0.4, -0.2) is 54.6 Å². The fourth-order valence-corrected chi connectivity index (χ4v) is 4.84. The van der Waals surface area contributed by atoms with Crippen molar-refractivity contribution in [3.63, 3.8) is 0 Å². The zero-order chi connectivity index (χ0) is 18.9. The fourth-order valence-electron chi connectivity index (χ4n) is 4.58. The van der Waals surface area contributed by atoms with Gasteiger partial charge in [-0.3, -0.25) is 0 Å². The van der Waals surface area contributed by atoms with Gasteiger partial charge in [-0.2, -0.15) is 0 Å². The summed E-state index contributed by atoms with van der Waals surface area (Å²) in [6, 6.07) is 7.94. The summed E-state index contributed by atoms with van der Waals surface area (Å²) in [5.41, 5.74) is 7.73. The largest absolute Gasteiger partial charge is 0.398 e. The number of benzene rings is 1. The third-order valence-electron chi connectivity index (χ3n) is 5.88. The molecule has 0 saturated carbocycles.